The van der Waals surface area contributed by atoms with Gasteiger partial charge >= 0.3 is 0 Å². The van der Waals surface area contributed by atoms with Crippen molar-refractivity contribution in [2.45, 2.75) is 6.04 Å². The van der Waals surface area contributed by atoms with Crippen LogP contribution in [0.5, 0.6) is 0 Å². The minimum Gasteiger partial charge on any atom is -0.294 e. The van der Waals surface area contributed by atoms with Crippen LogP contribution in [0.2, 0.25) is 0 Å². The smallest absolute Gasteiger partial charge is 0.132 e. The Hall–Kier alpha value is -2.98. The molecule has 1 saturated heterocycles. The summed E-state index contributed by atoms with van der Waals surface area (Å²) in [7, 11) is 0. The first kappa shape index (κ1) is 18.4. The number of rotatable bonds is 5. The third-order valence-electron chi connectivity index (χ3n) is 5.15. The summed E-state index contributed by atoms with van der Waals surface area (Å²) >= 11 is 0. The number of hydrazone groups is 1. The molecule has 0 aromatic heterocycles. The van der Waals surface area contributed by atoms with E-state index in [0.29, 0.717) is 5.56 Å². The predicted molar refractivity (Wildman–Crippen MR) is 112 cm³/mol. The van der Waals surface area contributed by atoms with E-state index in [4.69, 9.17) is 0 Å². The second kappa shape index (κ2) is 8.81. The molecule has 28 heavy (non-hydrogen) atoms. The molecule has 0 spiro atoms. The van der Waals surface area contributed by atoms with Crippen molar-refractivity contribution in [2.24, 2.45) is 5.10 Å². The van der Waals surface area contributed by atoms with E-state index >= 15 is 0 Å². The Balaban J connectivity index is 1.47. The van der Waals surface area contributed by atoms with E-state index in [1.54, 1.807) is 18.3 Å². The van der Waals surface area contributed by atoms with Crippen LogP contribution in [0.1, 0.15) is 22.7 Å². The Morgan fingerprint density at radius 2 is 1.25 bits per heavy atom. The molecule has 0 saturated carbocycles. The van der Waals surface area contributed by atoms with Crippen molar-refractivity contribution in [2.75, 3.05) is 26.2 Å². The lowest BCUT2D eigenvalue weighted by Crippen LogP contribution is -2.45. The lowest BCUT2D eigenvalue weighted by Gasteiger charge is -2.38. The SMILES string of the molecule is Fc1ccccc1/C=N/N1CCN(C(c2ccccc2)c2ccccc2)CC1. The van der Waals surface area contributed by atoms with E-state index in [9.17, 15) is 4.39 Å². The van der Waals surface area contributed by atoms with Crippen LogP contribution < -0.4 is 0 Å². The van der Waals surface area contributed by atoms with Crippen molar-refractivity contribution in [3.05, 3.63) is 107 Å². The molecule has 3 nitrogen and oxygen atoms in total. The molecule has 3 aromatic rings. The molecular weight excluding hydrogens is 349 g/mol. The van der Waals surface area contributed by atoms with Gasteiger partial charge in [-0.15, -0.1) is 0 Å². The first-order valence-electron chi connectivity index (χ1n) is 9.69. The second-order valence-electron chi connectivity index (χ2n) is 6.98. The van der Waals surface area contributed by atoms with Crippen LogP contribution in [0, 0.1) is 5.82 Å². The zero-order chi connectivity index (χ0) is 19.2. The summed E-state index contributed by atoms with van der Waals surface area (Å²) < 4.78 is 13.8. The fraction of sp³-hybridized carbons (Fsp3) is 0.208. The highest BCUT2D eigenvalue weighted by atomic mass is 19.1. The van der Waals surface area contributed by atoms with Crippen molar-refractivity contribution in [1.82, 2.24) is 9.91 Å². The average Bonchev–Trinajstić information content (AvgIpc) is 2.76. The van der Waals surface area contributed by atoms with Gasteiger partial charge in [-0.1, -0.05) is 78.9 Å². The molecule has 0 radical (unpaired) electrons. The van der Waals surface area contributed by atoms with Gasteiger partial charge in [-0.2, -0.15) is 5.10 Å². The van der Waals surface area contributed by atoms with Crippen molar-refractivity contribution in [3.8, 4) is 0 Å². The maximum absolute atomic E-state index is 13.8. The quantitative estimate of drug-likeness (QED) is 0.610. The standard InChI is InChI=1S/C24H24FN3/c25-23-14-8-7-13-22(23)19-26-28-17-15-27(16-18-28)24(20-9-3-1-4-10-20)21-11-5-2-6-12-21/h1-14,19,24H,15-18H2/b26-19+. The van der Waals surface area contributed by atoms with Crippen LogP contribution in [0.25, 0.3) is 0 Å². The summed E-state index contributed by atoms with van der Waals surface area (Å²) in [6.07, 6.45) is 1.62. The molecule has 142 valence electrons. The molecule has 4 heteroatoms. The molecule has 1 aliphatic rings. The summed E-state index contributed by atoms with van der Waals surface area (Å²) in [6, 6.07) is 28.2. The van der Waals surface area contributed by atoms with Crippen molar-refractivity contribution in [1.29, 1.82) is 0 Å². The number of hydrogen-bond acceptors (Lipinski definition) is 3. The van der Waals surface area contributed by atoms with Crippen molar-refractivity contribution in [3.63, 3.8) is 0 Å². The third-order valence-corrected chi connectivity index (χ3v) is 5.15. The molecule has 0 amide bonds. The Kier molecular flexibility index (Phi) is 5.78. The fourth-order valence-electron chi connectivity index (χ4n) is 3.69. The highest BCUT2D eigenvalue weighted by molar-refractivity contribution is 5.79. The molecule has 0 bridgehead atoms. The number of piperazine rings is 1. The highest BCUT2D eigenvalue weighted by Gasteiger charge is 2.25. The van der Waals surface area contributed by atoms with Crippen LogP contribution in [-0.2, 0) is 0 Å². The lowest BCUT2D eigenvalue weighted by atomic mass is 9.96. The summed E-state index contributed by atoms with van der Waals surface area (Å²) in [5.74, 6) is -0.238. The maximum Gasteiger partial charge on any atom is 0.132 e. The van der Waals surface area contributed by atoms with Gasteiger partial charge in [0, 0.05) is 31.7 Å². The summed E-state index contributed by atoms with van der Waals surface area (Å²) in [5, 5.41) is 6.52. The van der Waals surface area contributed by atoms with Crippen LogP contribution in [-0.4, -0.2) is 42.3 Å². The number of nitrogens with zero attached hydrogens (tertiary/aromatic N) is 3. The van der Waals surface area contributed by atoms with Gasteiger partial charge in [0.2, 0.25) is 0 Å². The van der Waals surface area contributed by atoms with E-state index < -0.39 is 0 Å². The molecular formula is C24H24FN3. The van der Waals surface area contributed by atoms with Crippen LogP contribution >= 0.6 is 0 Å². The Morgan fingerprint density at radius 3 is 1.82 bits per heavy atom. The topological polar surface area (TPSA) is 18.8 Å². The molecule has 3 aromatic carbocycles. The van der Waals surface area contributed by atoms with E-state index in [-0.39, 0.29) is 11.9 Å². The van der Waals surface area contributed by atoms with Crippen molar-refractivity contribution < 1.29 is 4.39 Å². The average molecular weight is 373 g/mol. The second-order valence-corrected chi connectivity index (χ2v) is 6.98. The molecule has 0 atom stereocenters. The summed E-state index contributed by atoms with van der Waals surface area (Å²) in [6.45, 7) is 3.45. The van der Waals surface area contributed by atoms with Gasteiger partial charge in [-0.05, 0) is 17.2 Å². The Labute approximate surface area is 165 Å². The van der Waals surface area contributed by atoms with Gasteiger partial charge in [-0.25, -0.2) is 4.39 Å². The summed E-state index contributed by atoms with van der Waals surface area (Å²) in [5.41, 5.74) is 3.13. The third kappa shape index (κ3) is 4.29. The van der Waals surface area contributed by atoms with Gasteiger partial charge in [0.25, 0.3) is 0 Å². The molecule has 0 N–H and O–H groups in total. The first-order valence-corrected chi connectivity index (χ1v) is 9.69. The van der Waals surface area contributed by atoms with Crippen LogP contribution in [0.3, 0.4) is 0 Å². The minimum absolute atomic E-state index is 0.236. The Bertz CT molecular complexity index is 864. The van der Waals surface area contributed by atoms with E-state index in [1.165, 1.54) is 17.2 Å². The zero-order valence-electron chi connectivity index (χ0n) is 15.8. The van der Waals surface area contributed by atoms with E-state index in [2.05, 4.69) is 70.7 Å². The molecule has 0 unspecified atom stereocenters. The van der Waals surface area contributed by atoms with Gasteiger partial charge in [-0.3, -0.25) is 9.91 Å². The van der Waals surface area contributed by atoms with Crippen molar-refractivity contribution >= 4 is 6.21 Å². The first-order chi connectivity index (χ1) is 13.8. The minimum atomic E-state index is -0.238. The molecule has 1 heterocycles. The number of benzene rings is 3. The molecule has 1 fully saturated rings. The Morgan fingerprint density at radius 1 is 0.714 bits per heavy atom. The fourth-order valence-corrected chi connectivity index (χ4v) is 3.69. The maximum atomic E-state index is 13.8. The molecule has 4 rings (SSSR count). The number of hydrogen-bond donors (Lipinski definition) is 0. The molecule has 0 aliphatic carbocycles. The summed E-state index contributed by atoms with van der Waals surface area (Å²) in [4.78, 5) is 2.50. The monoisotopic (exact) mass is 373 g/mol. The predicted octanol–water partition coefficient (Wildman–Crippen LogP) is 4.57. The zero-order valence-corrected chi connectivity index (χ0v) is 15.8. The molecule has 1 aliphatic heterocycles. The van der Waals surface area contributed by atoms with Crippen LogP contribution in [0.4, 0.5) is 4.39 Å². The highest BCUT2D eigenvalue weighted by Crippen LogP contribution is 2.29. The van der Waals surface area contributed by atoms with E-state index in [1.807, 2.05) is 11.1 Å². The number of halogens is 1. The largest absolute Gasteiger partial charge is 0.294 e. The van der Waals surface area contributed by atoms with Gasteiger partial charge in [0.15, 0.2) is 0 Å². The lowest BCUT2D eigenvalue weighted by molar-refractivity contribution is 0.113. The van der Waals surface area contributed by atoms with Gasteiger partial charge in [0.1, 0.15) is 5.82 Å². The van der Waals surface area contributed by atoms with Gasteiger partial charge in [0.05, 0.1) is 12.3 Å². The normalized spacial score (nSPS) is 15.4. The van der Waals surface area contributed by atoms with Crippen LogP contribution in [0.15, 0.2) is 90.0 Å². The van der Waals surface area contributed by atoms with E-state index in [0.717, 1.165) is 26.2 Å². The van der Waals surface area contributed by atoms with Gasteiger partial charge < -0.3 is 0 Å².